The van der Waals surface area contributed by atoms with E-state index in [1.54, 1.807) is 0 Å². The number of piperidine rings is 1. The van der Waals surface area contributed by atoms with Crippen molar-refractivity contribution in [1.29, 1.82) is 0 Å². The molecule has 0 spiro atoms. The summed E-state index contributed by atoms with van der Waals surface area (Å²) in [5.41, 5.74) is 3.38. The van der Waals surface area contributed by atoms with Gasteiger partial charge in [-0.15, -0.1) is 24.8 Å². The summed E-state index contributed by atoms with van der Waals surface area (Å²) < 4.78 is 0. The van der Waals surface area contributed by atoms with Crippen molar-refractivity contribution >= 4 is 30.7 Å². The predicted octanol–water partition coefficient (Wildman–Crippen LogP) is 3.77. The Kier molecular flexibility index (Phi) is 8.36. The third kappa shape index (κ3) is 5.18. The zero-order chi connectivity index (χ0) is 16.2. The summed E-state index contributed by atoms with van der Waals surface area (Å²) in [7, 11) is 0. The minimum absolute atomic E-state index is 0. The average Bonchev–Trinajstić information content (AvgIpc) is 2.57. The molecule has 1 aliphatic heterocycles. The molecule has 1 fully saturated rings. The molecule has 1 aliphatic rings. The van der Waals surface area contributed by atoms with E-state index in [2.05, 4.69) is 22.5 Å². The Morgan fingerprint density at radius 3 is 2.52 bits per heavy atom. The van der Waals surface area contributed by atoms with Crippen molar-refractivity contribution in [3.8, 4) is 11.3 Å². The van der Waals surface area contributed by atoms with Crippen molar-refractivity contribution in [3.05, 3.63) is 53.7 Å². The molecule has 25 heavy (non-hydrogen) atoms. The summed E-state index contributed by atoms with van der Waals surface area (Å²) in [5.74, 6) is -0.0323. The quantitative estimate of drug-likeness (QED) is 0.850. The van der Waals surface area contributed by atoms with Crippen LogP contribution in [0.25, 0.3) is 11.3 Å². The van der Waals surface area contributed by atoms with Crippen LogP contribution in [0.2, 0.25) is 0 Å². The standard InChI is InChI=1S/C19H23N3O.2ClH/c1-13-16(19(23)22-17-9-6-12-20-14(17)2)10-11-18(21-13)15-7-4-3-5-8-15;;/h3-5,7-8,10-11,14,17,20H,6,9,12H2,1-2H3,(H,22,23);2*1H. The van der Waals surface area contributed by atoms with Crippen molar-refractivity contribution < 1.29 is 4.79 Å². The van der Waals surface area contributed by atoms with Crippen LogP contribution in [0.3, 0.4) is 0 Å². The zero-order valence-corrected chi connectivity index (χ0v) is 16.1. The van der Waals surface area contributed by atoms with Crippen molar-refractivity contribution in [3.63, 3.8) is 0 Å². The molecule has 6 heteroatoms. The normalized spacial score (nSPS) is 19.3. The summed E-state index contributed by atoms with van der Waals surface area (Å²) in [4.78, 5) is 17.1. The molecule has 2 atom stereocenters. The Balaban J connectivity index is 0.00000156. The maximum atomic E-state index is 12.5. The van der Waals surface area contributed by atoms with E-state index in [0.29, 0.717) is 11.6 Å². The van der Waals surface area contributed by atoms with Crippen LogP contribution >= 0.6 is 24.8 Å². The number of rotatable bonds is 3. The molecular weight excluding hydrogens is 357 g/mol. The fourth-order valence-corrected chi connectivity index (χ4v) is 3.06. The summed E-state index contributed by atoms with van der Waals surface area (Å²) in [6.07, 6.45) is 2.12. The first-order valence-electron chi connectivity index (χ1n) is 8.22. The highest BCUT2D eigenvalue weighted by Crippen LogP contribution is 2.19. The van der Waals surface area contributed by atoms with Crippen LogP contribution in [0.1, 0.15) is 35.8 Å². The molecule has 2 aromatic rings. The number of pyridine rings is 1. The lowest BCUT2D eigenvalue weighted by Crippen LogP contribution is -2.52. The minimum atomic E-state index is -0.0323. The molecule has 1 saturated heterocycles. The summed E-state index contributed by atoms with van der Waals surface area (Å²) in [6.45, 7) is 5.04. The number of amides is 1. The number of aromatic nitrogens is 1. The topological polar surface area (TPSA) is 54.0 Å². The number of hydrogen-bond acceptors (Lipinski definition) is 3. The molecule has 0 saturated carbocycles. The van der Waals surface area contributed by atoms with Gasteiger partial charge in [0.2, 0.25) is 0 Å². The van der Waals surface area contributed by atoms with Gasteiger partial charge < -0.3 is 10.6 Å². The highest BCUT2D eigenvalue weighted by Gasteiger charge is 2.23. The smallest absolute Gasteiger partial charge is 0.253 e. The Morgan fingerprint density at radius 2 is 1.88 bits per heavy atom. The number of nitrogens with one attached hydrogen (secondary N) is 2. The molecule has 136 valence electrons. The molecule has 0 aliphatic carbocycles. The van der Waals surface area contributed by atoms with Crippen LogP contribution in [0.4, 0.5) is 0 Å². The molecule has 1 aromatic heterocycles. The minimum Gasteiger partial charge on any atom is -0.348 e. The van der Waals surface area contributed by atoms with Crippen molar-refractivity contribution in [2.75, 3.05) is 6.54 Å². The first-order chi connectivity index (χ1) is 11.1. The van der Waals surface area contributed by atoms with Crippen LogP contribution < -0.4 is 10.6 Å². The van der Waals surface area contributed by atoms with Crippen LogP contribution in [0, 0.1) is 6.92 Å². The second-order valence-electron chi connectivity index (χ2n) is 6.16. The van der Waals surface area contributed by atoms with E-state index >= 15 is 0 Å². The number of halogens is 2. The number of hydrogen-bond donors (Lipinski definition) is 2. The van der Waals surface area contributed by atoms with Crippen molar-refractivity contribution in [2.24, 2.45) is 0 Å². The van der Waals surface area contributed by atoms with Gasteiger partial charge in [-0.05, 0) is 45.4 Å². The van der Waals surface area contributed by atoms with Gasteiger partial charge in [-0.25, -0.2) is 0 Å². The predicted molar refractivity (Wildman–Crippen MR) is 107 cm³/mol. The number of carbonyl (C=O) groups is 1. The first-order valence-corrected chi connectivity index (χ1v) is 8.22. The van der Waals surface area contributed by atoms with E-state index < -0.39 is 0 Å². The van der Waals surface area contributed by atoms with Gasteiger partial charge in [0.1, 0.15) is 0 Å². The fourth-order valence-electron chi connectivity index (χ4n) is 3.06. The highest BCUT2D eigenvalue weighted by atomic mass is 35.5. The third-order valence-electron chi connectivity index (χ3n) is 4.48. The van der Waals surface area contributed by atoms with Gasteiger partial charge in [0.15, 0.2) is 0 Å². The average molecular weight is 382 g/mol. The second-order valence-corrected chi connectivity index (χ2v) is 6.16. The van der Waals surface area contributed by atoms with E-state index in [-0.39, 0.29) is 36.8 Å². The molecule has 1 aromatic carbocycles. The highest BCUT2D eigenvalue weighted by molar-refractivity contribution is 5.95. The van der Waals surface area contributed by atoms with Gasteiger partial charge in [-0.2, -0.15) is 0 Å². The molecule has 3 rings (SSSR count). The molecule has 4 nitrogen and oxygen atoms in total. The largest absolute Gasteiger partial charge is 0.348 e. The number of benzene rings is 1. The molecule has 0 bridgehead atoms. The van der Waals surface area contributed by atoms with E-state index in [0.717, 1.165) is 36.3 Å². The lowest BCUT2D eigenvalue weighted by atomic mass is 9.99. The zero-order valence-electron chi connectivity index (χ0n) is 14.5. The maximum absolute atomic E-state index is 12.5. The van der Waals surface area contributed by atoms with Crippen LogP contribution in [0.5, 0.6) is 0 Å². The number of aryl methyl sites for hydroxylation is 1. The first kappa shape index (κ1) is 21.4. The molecule has 2 heterocycles. The Labute approximate surface area is 161 Å². The van der Waals surface area contributed by atoms with Crippen LogP contribution in [-0.4, -0.2) is 29.5 Å². The molecule has 0 radical (unpaired) electrons. The van der Waals surface area contributed by atoms with Crippen molar-refractivity contribution in [1.82, 2.24) is 15.6 Å². The number of nitrogens with zero attached hydrogens (tertiary/aromatic N) is 1. The lowest BCUT2D eigenvalue weighted by Gasteiger charge is -2.30. The van der Waals surface area contributed by atoms with Gasteiger partial charge in [-0.3, -0.25) is 9.78 Å². The van der Waals surface area contributed by atoms with Gasteiger partial charge in [-0.1, -0.05) is 30.3 Å². The maximum Gasteiger partial charge on any atom is 0.253 e. The number of carbonyl (C=O) groups excluding carboxylic acids is 1. The van der Waals surface area contributed by atoms with E-state index in [9.17, 15) is 4.79 Å². The summed E-state index contributed by atoms with van der Waals surface area (Å²) in [5, 5.41) is 6.55. The molecular formula is C19H25Cl2N3O. The van der Waals surface area contributed by atoms with Gasteiger partial charge in [0, 0.05) is 17.6 Å². The Bertz CT molecular complexity index is 694. The fraction of sp³-hybridized carbons (Fsp3) is 0.368. The Morgan fingerprint density at radius 1 is 1.16 bits per heavy atom. The van der Waals surface area contributed by atoms with E-state index in [4.69, 9.17) is 0 Å². The van der Waals surface area contributed by atoms with Crippen LogP contribution in [0.15, 0.2) is 42.5 Å². The van der Waals surface area contributed by atoms with Crippen molar-refractivity contribution in [2.45, 2.75) is 38.8 Å². The molecule has 2 unspecified atom stereocenters. The van der Waals surface area contributed by atoms with Crippen LogP contribution in [-0.2, 0) is 0 Å². The third-order valence-corrected chi connectivity index (χ3v) is 4.48. The van der Waals surface area contributed by atoms with Gasteiger partial charge >= 0.3 is 0 Å². The lowest BCUT2D eigenvalue weighted by molar-refractivity contribution is 0.0919. The van der Waals surface area contributed by atoms with Gasteiger partial charge in [0.25, 0.3) is 5.91 Å². The van der Waals surface area contributed by atoms with E-state index in [1.165, 1.54) is 0 Å². The Hall–Kier alpha value is -1.62. The molecule has 1 amide bonds. The molecule has 2 N–H and O–H groups in total. The SMILES string of the molecule is Cc1nc(-c2ccccc2)ccc1C(=O)NC1CCCNC1C.Cl.Cl. The second kappa shape index (κ2) is 9.76. The van der Waals surface area contributed by atoms with Gasteiger partial charge in [0.05, 0.1) is 17.0 Å². The monoisotopic (exact) mass is 381 g/mol. The summed E-state index contributed by atoms with van der Waals surface area (Å²) in [6, 6.07) is 14.3. The summed E-state index contributed by atoms with van der Waals surface area (Å²) >= 11 is 0. The van der Waals surface area contributed by atoms with E-state index in [1.807, 2.05) is 49.4 Å².